The van der Waals surface area contributed by atoms with Gasteiger partial charge in [-0.25, -0.2) is 9.97 Å². The third-order valence-corrected chi connectivity index (χ3v) is 11.9. The van der Waals surface area contributed by atoms with Gasteiger partial charge in [0.05, 0.1) is 20.4 Å². The van der Waals surface area contributed by atoms with Crippen molar-refractivity contribution in [3.63, 3.8) is 0 Å². The summed E-state index contributed by atoms with van der Waals surface area (Å²) >= 11 is 3.65. The van der Waals surface area contributed by atoms with Crippen molar-refractivity contribution < 1.29 is 0 Å². The lowest BCUT2D eigenvalue weighted by molar-refractivity contribution is 1.05. The molecule has 3 aliphatic carbocycles. The molecule has 6 aromatic rings. The number of aryl methyl sites for hydroxylation is 2. The third kappa shape index (κ3) is 4.74. The van der Waals surface area contributed by atoms with Crippen molar-refractivity contribution in [2.45, 2.75) is 52.4 Å². The molecule has 0 bridgehead atoms. The van der Waals surface area contributed by atoms with Gasteiger partial charge in [0.2, 0.25) is 0 Å². The highest BCUT2D eigenvalue weighted by atomic mass is 32.1. The highest BCUT2D eigenvalue weighted by Crippen LogP contribution is 2.39. The van der Waals surface area contributed by atoms with Crippen LogP contribution in [0.15, 0.2) is 85.0 Å². The van der Waals surface area contributed by atoms with Crippen LogP contribution >= 0.6 is 22.7 Å². The van der Waals surface area contributed by atoms with Gasteiger partial charge in [-0.1, -0.05) is 72.9 Å². The molecule has 0 unspecified atom stereocenters. The molecule has 0 fully saturated rings. The van der Waals surface area contributed by atoms with Crippen LogP contribution in [0.4, 0.5) is 0 Å². The maximum Gasteiger partial charge on any atom is 0.120 e. The second kappa shape index (κ2) is 11.2. The Hall–Kier alpha value is -4.38. The number of allylic oxidation sites excluding steroid dienone is 8. The van der Waals surface area contributed by atoms with Gasteiger partial charge in [0.1, 0.15) is 10.0 Å². The van der Waals surface area contributed by atoms with Crippen molar-refractivity contribution in [1.82, 2.24) is 9.97 Å². The molecule has 46 heavy (non-hydrogen) atoms. The van der Waals surface area contributed by atoms with Crippen LogP contribution in [0.1, 0.15) is 70.8 Å². The molecule has 2 heterocycles. The first-order chi connectivity index (χ1) is 22.6. The van der Waals surface area contributed by atoms with Crippen LogP contribution in [0.5, 0.6) is 0 Å². The van der Waals surface area contributed by atoms with E-state index in [1.54, 1.807) is 0 Å². The zero-order valence-corrected chi connectivity index (χ0v) is 27.8. The Kier molecular flexibility index (Phi) is 6.76. The normalized spacial score (nSPS) is 16.4. The molecule has 0 radical (unpaired) electrons. The molecule has 0 N–H and O–H groups in total. The first-order valence-electron chi connectivity index (χ1n) is 16.4. The quantitative estimate of drug-likeness (QED) is 0.194. The maximum atomic E-state index is 4.99. The molecule has 3 aliphatic rings. The van der Waals surface area contributed by atoms with E-state index in [2.05, 4.69) is 111 Å². The number of hydrogen-bond acceptors (Lipinski definition) is 4. The number of benzene rings is 4. The average molecular weight is 631 g/mol. The number of rotatable bonds is 4. The van der Waals surface area contributed by atoms with E-state index >= 15 is 0 Å². The summed E-state index contributed by atoms with van der Waals surface area (Å²) in [4.78, 5) is 9.99. The zero-order valence-electron chi connectivity index (χ0n) is 26.2. The Morgan fingerprint density at radius 3 is 1.39 bits per heavy atom. The van der Waals surface area contributed by atoms with Gasteiger partial charge >= 0.3 is 0 Å². The molecular weight excluding hydrogens is 597 g/mol. The van der Waals surface area contributed by atoms with Crippen LogP contribution in [0.3, 0.4) is 0 Å². The summed E-state index contributed by atoms with van der Waals surface area (Å²) in [7, 11) is 0. The van der Waals surface area contributed by atoms with Crippen molar-refractivity contribution in [3.05, 3.63) is 128 Å². The number of thiazole rings is 2. The summed E-state index contributed by atoms with van der Waals surface area (Å²) in [5.41, 5.74) is 13.2. The fourth-order valence-electron chi connectivity index (χ4n) is 7.44. The van der Waals surface area contributed by atoms with Gasteiger partial charge in [-0.2, -0.15) is 0 Å². The lowest BCUT2D eigenvalue weighted by Gasteiger charge is -2.23. The molecular formula is C42H34N2S2. The van der Waals surface area contributed by atoms with Gasteiger partial charge in [0, 0.05) is 0 Å². The number of nitrogens with zero attached hydrogens (tertiary/aromatic N) is 2. The highest BCUT2D eigenvalue weighted by molar-refractivity contribution is 7.19. The maximum absolute atomic E-state index is 4.99. The van der Waals surface area contributed by atoms with E-state index in [1.165, 1.54) is 75.2 Å². The molecule has 0 amide bonds. The Bertz CT molecular complexity index is 2320. The fourth-order valence-corrected chi connectivity index (χ4v) is 9.67. The van der Waals surface area contributed by atoms with Crippen LogP contribution in [0.25, 0.3) is 65.7 Å². The Labute approximate surface area is 277 Å². The monoisotopic (exact) mass is 630 g/mol. The topological polar surface area (TPSA) is 25.8 Å². The van der Waals surface area contributed by atoms with Crippen molar-refractivity contribution in [3.8, 4) is 0 Å². The standard InChI is InChI=1S/C42H34N2S2/c1-25-11-21-35-37(23-25)45-41(43-35)29-17-13-27(14-18-29)39-31-7-3-5-9-33(31)40(34-10-6-4-8-32(34)39)28-15-19-30(20-16-28)42-44-36-22-12-26(2)24-38(36)46-42/h3,5,7-13,15,17,19,21-24H,4,6,14,16,18,20H2,1-2H3. The van der Waals surface area contributed by atoms with E-state index in [1.807, 2.05) is 22.7 Å². The molecule has 4 aromatic carbocycles. The predicted molar refractivity (Wildman–Crippen MR) is 200 cm³/mol. The largest absolute Gasteiger partial charge is 0.236 e. The molecule has 4 heteroatoms. The van der Waals surface area contributed by atoms with Crippen LogP contribution in [-0.2, 0) is 0 Å². The van der Waals surface area contributed by atoms with Crippen LogP contribution in [0.2, 0.25) is 0 Å². The predicted octanol–water partition coefficient (Wildman–Crippen LogP) is 10.6. The van der Waals surface area contributed by atoms with E-state index in [9.17, 15) is 0 Å². The molecule has 0 aliphatic heterocycles. The summed E-state index contributed by atoms with van der Waals surface area (Å²) in [5.74, 6) is 0. The first kappa shape index (κ1) is 27.9. The van der Waals surface area contributed by atoms with Gasteiger partial charge in [-0.3, -0.25) is 0 Å². The summed E-state index contributed by atoms with van der Waals surface area (Å²) in [5, 5.41) is 7.93. The minimum Gasteiger partial charge on any atom is -0.236 e. The van der Waals surface area contributed by atoms with E-state index in [0.29, 0.717) is 0 Å². The fraction of sp³-hybridized carbons (Fsp3) is 0.190. The molecule has 0 saturated carbocycles. The lowest BCUT2D eigenvalue weighted by atomic mass is 9.82. The van der Waals surface area contributed by atoms with E-state index in [0.717, 1.165) is 59.6 Å². The second-order valence-electron chi connectivity index (χ2n) is 12.9. The molecule has 2 nitrogen and oxygen atoms in total. The van der Waals surface area contributed by atoms with Crippen molar-refractivity contribution >= 4 is 88.3 Å². The molecule has 0 spiro atoms. The van der Waals surface area contributed by atoms with E-state index in [-0.39, 0.29) is 0 Å². The summed E-state index contributed by atoms with van der Waals surface area (Å²) in [6, 6.07) is 22.3. The molecule has 224 valence electrons. The second-order valence-corrected chi connectivity index (χ2v) is 14.9. The minimum absolute atomic E-state index is 1.02. The average Bonchev–Trinajstić information content (AvgIpc) is 3.71. The van der Waals surface area contributed by atoms with Crippen LogP contribution in [0, 0.1) is 13.8 Å². The Morgan fingerprint density at radius 2 is 0.957 bits per heavy atom. The van der Waals surface area contributed by atoms with E-state index < -0.39 is 0 Å². The molecule has 9 rings (SSSR count). The Balaban J connectivity index is 1.14. The number of hydrogen-bond donors (Lipinski definition) is 0. The SMILES string of the molecule is Cc1ccc2nc(C3=CC=C(c4c5c(c(C6=CC=C(c7nc8ccc(C)cc8s7)CC6)c6ccccc46)=CCCC=5)CC3)sc2c1. The lowest BCUT2D eigenvalue weighted by Crippen LogP contribution is -2.34. The van der Waals surface area contributed by atoms with Gasteiger partial charge in [0.25, 0.3) is 0 Å². The minimum atomic E-state index is 1.02. The molecule has 0 saturated heterocycles. The van der Waals surface area contributed by atoms with Gasteiger partial charge in [-0.15, -0.1) is 22.7 Å². The number of fused-ring (bicyclic) bond motifs is 4. The van der Waals surface area contributed by atoms with Gasteiger partial charge in [0.15, 0.2) is 0 Å². The molecule has 2 aromatic heterocycles. The summed E-state index contributed by atoms with van der Waals surface area (Å²) < 4.78 is 2.56. The molecule has 0 atom stereocenters. The smallest absolute Gasteiger partial charge is 0.120 e. The van der Waals surface area contributed by atoms with Crippen molar-refractivity contribution in [2.75, 3.05) is 0 Å². The summed E-state index contributed by atoms with van der Waals surface area (Å²) in [6.07, 6.45) is 20.7. The third-order valence-electron chi connectivity index (χ3n) is 9.74. The van der Waals surface area contributed by atoms with Crippen molar-refractivity contribution in [1.29, 1.82) is 0 Å². The van der Waals surface area contributed by atoms with Crippen LogP contribution in [-0.4, -0.2) is 9.97 Å². The highest BCUT2D eigenvalue weighted by Gasteiger charge is 2.22. The van der Waals surface area contributed by atoms with Crippen molar-refractivity contribution in [2.24, 2.45) is 0 Å². The Morgan fingerprint density at radius 1 is 0.522 bits per heavy atom. The number of aromatic nitrogens is 2. The first-order valence-corrected chi connectivity index (χ1v) is 18.0. The van der Waals surface area contributed by atoms with Crippen LogP contribution < -0.4 is 10.4 Å². The summed E-state index contributed by atoms with van der Waals surface area (Å²) in [6.45, 7) is 4.31. The van der Waals surface area contributed by atoms with Gasteiger partial charge < -0.3 is 0 Å². The van der Waals surface area contributed by atoms with E-state index in [4.69, 9.17) is 9.97 Å². The zero-order chi connectivity index (χ0) is 30.8. The van der Waals surface area contributed by atoms with Gasteiger partial charge in [-0.05, 0) is 142 Å².